The summed E-state index contributed by atoms with van der Waals surface area (Å²) >= 11 is 0. The minimum Gasteiger partial charge on any atom is -0.441 e. The first kappa shape index (κ1) is 17.4. The molecule has 0 aliphatic carbocycles. The predicted molar refractivity (Wildman–Crippen MR) is 95.8 cm³/mol. The van der Waals surface area contributed by atoms with Crippen LogP contribution in [0.5, 0.6) is 0 Å². The van der Waals surface area contributed by atoms with E-state index in [0.717, 1.165) is 18.4 Å². The summed E-state index contributed by atoms with van der Waals surface area (Å²) < 4.78 is 5.61. The maximum absolute atomic E-state index is 12.9. The first-order valence-electron chi connectivity index (χ1n) is 9.04. The van der Waals surface area contributed by atoms with Gasteiger partial charge in [0.2, 0.25) is 5.82 Å². The van der Waals surface area contributed by atoms with Crippen molar-refractivity contribution in [1.29, 1.82) is 0 Å². The van der Waals surface area contributed by atoms with Gasteiger partial charge in [0, 0.05) is 37.7 Å². The van der Waals surface area contributed by atoms with Crippen LogP contribution in [0.25, 0.3) is 11.4 Å². The van der Waals surface area contributed by atoms with E-state index >= 15 is 0 Å². The number of hydrogen-bond donors (Lipinski definition) is 0. The molecule has 1 atom stereocenters. The Labute approximate surface area is 156 Å². The Bertz CT molecular complexity index is 864. The Balaban J connectivity index is 1.44. The largest absolute Gasteiger partial charge is 0.441 e. The summed E-state index contributed by atoms with van der Waals surface area (Å²) in [6.07, 6.45) is 1.98. The smallest absolute Gasteiger partial charge is 0.410 e. The fraction of sp³-hybridized carbons (Fsp3) is 0.500. The van der Waals surface area contributed by atoms with Crippen molar-refractivity contribution in [1.82, 2.24) is 30.0 Å². The van der Waals surface area contributed by atoms with Crippen molar-refractivity contribution >= 4 is 12.0 Å². The number of carbonyl (C=O) groups is 2. The number of rotatable bonds is 2. The zero-order valence-corrected chi connectivity index (χ0v) is 15.5. The van der Waals surface area contributed by atoms with Crippen LogP contribution in [0.2, 0.25) is 0 Å². The van der Waals surface area contributed by atoms with E-state index in [-0.39, 0.29) is 12.0 Å². The summed E-state index contributed by atoms with van der Waals surface area (Å²) in [5.41, 5.74) is 0.983. The van der Waals surface area contributed by atoms with E-state index in [1.165, 1.54) is 4.80 Å². The molecule has 9 nitrogen and oxygen atoms in total. The van der Waals surface area contributed by atoms with E-state index < -0.39 is 5.60 Å². The van der Waals surface area contributed by atoms with Crippen molar-refractivity contribution in [3.63, 3.8) is 0 Å². The monoisotopic (exact) mass is 370 g/mol. The van der Waals surface area contributed by atoms with Gasteiger partial charge >= 0.3 is 6.09 Å². The molecule has 2 aliphatic rings. The van der Waals surface area contributed by atoms with Crippen LogP contribution >= 0.6 is 0 Å². The van der Waals surface area contributed by atoms with E-state index in [1.54, 1.807) is 31.1 Å². The Morgan fingerprint density at radius 2 is 1.93 bits per heavy atom. The third-order valence-corrected chi connectivity index (χ3v) is 5.22. The van der Waals surface area contributed by atoms with Crippen LogP contribution in [0.4, 0.5) is 4.79 Å². The van der Waals surface area contributed by atoms with Gasteiger partial charge in [0.25, 0.3) is 5.91 Å². The van der Waals surface area contributed by atoms with E-state index in [2.05, 4.69) is 15.4 Å². The Morgan fingerprint density at radius 1 is 1.15 bits per heavy atom. The van der Waals surface area contributed by atoms with E-state index in [0.29, 0.717) is 37.4 Å². The van der Waals surface area contributed by atoms with Gasteiger partial charge < -0.3 is 14.5 Å². The number of likely N-dealkylation sites (tertiary alicyclic amines) is 1. The number of hydrogen-bond acceptors (Lipinski definition) is 6. The fourth-order valence-corrected chi connectivity index (χ4v) is 3.77. The zero-order valence-electron chi connectivity index (χ0n) is 15.5. The third-order valence-electron chi connectivity index (χ3n) is 5.22. The predicted octanol–water partition coefficient (Wildman–Crippen LogP) is 1.32. The van der Waals surface area contributed by atoms with Gasteiger partial charge in [0.15, 0.2) is 0 Å². The lowest BCUT2D eigenvalue weighted by atomic mass is 9.95. The van der Waals surface area contributed by atoms with Gasteiger partial charge in [-0.3, -0.25) is 4.79 Å². The molecule has 142 valence electrons. The van der Waals surface area contributed by atoms with Gasteiger partial charge in [-0.2, -0.15) is 4.80 Å². The highest BCUT2D eigenvalue weighted by atomic mass is 16.6. The lowest BCUT2D eigenvalue weighted by molar-refractivity contribution is 0.0438. The van der Waals surface area contributed by atoms with Gasteiger partial charge in [-0.15, -0.1) is 10.2 Å². The van der Waals surface area contributed by atoms with Crippen LogP contribution in [0.15, 0.2) is 24.3 Å². The molecular formula is C18H22N6O3. The minimum absolute atomic E-state index is 0.0108. The normalized spacial score (nSPS) is 22.8. The van der Waals surface area contributed by atoms with Crippen molar-refractivity contribution in [3.8, 4) is 11.4 Å². The van der Waals surface area contributed by atoms with Gasteiger partial charge in [-0.1, -0.05) is 12.1 Å². The molecule has 0 radical (unpaired) electrons. The molecule has 1 aromatic carbocycles. The quantitative estimate of drug-likeness (QED) is 0.792. The van der Waals surface area contributed by atoms with Gasteiger partial charge in [-0.25, -0.2) is 4.79 Å². The second kappa shape index (κ2) is 6.64. The van der Waals surface area contributed by atoms with Crippen LogP contribution in [-0.4, -0.2) is 74.3 Å². The average molecular weight is 370 g/mol. The van der Waals surface area contributed by atoms with Crippen LogP contribution in [0, 0.1) is 0 Å². The molecule has 2 aliphatic heterocycles. The number of nitrogens with zero attached hydrogens (tertiary/aromatic N) is 6. The highest BCUT2D eigenvalue weighted by Crippen LogP contribution is 2.33. The van der Waals surface area contributed by atoms with Crippen molar-refractivity contribution in [3.05, 3.63) is 29.8 Å². The number of tetrazole rings is 1. The van der Waals surface area contributed by atoms with Gasteiger partial charge in [0.1, 0.15) is 5.60 Å². The van der Waals surface area contributed by atoms with Crippen LogP contribution < -0.4 is 0 Å². The molecule has 1 spiro atoms. The van der Waals surface area contributed by atoms with Crippen LogP contribution in [0.3, 0.4) is 0 Å². The molecule has 2 aromatic rings. The Hall–Kier alpha value is -2.97. The molecular weight excluding hydrogens is 348 g/mol. The number of aromatic nitrogens is 4. The zero-order chi connectivity index (χ0) is 19.0. The second-order valence-corrected chi connectivity index (χ2v) is 7.23. The number of likely N-dealkylation sites (N-methyl/N-ethyl adjacent to an activating group) is 1. The van der Waals surface area contributed by atoms with Gasteiger partial charge in [-0.05, 0) is 30.2 Å². The topological polar surface area (TPSA) is 93.5 Å². The molecule has 0 saturated carbocycles. The molecule has 9 heteroatoms. The maximum Gasteiger partial charge on any atom is 0.410 e. The van der Waals surface area contributed by atoms with E-state index in [9.17, 15) is 9.59 Å². The summed E-state index contributed by atoms with van der Waals surface area (Å²) in [4.78, 5) is 29.5. The molecule has 27 heavy (non-hydrogen) atoms. The van der Waals surface area contributed by atoms with E-state index in [1.807, 2.05) is 17.0 Å². The summed E-state index contributed by atoms with van der Waals surface area (Å²) in [6, 6.07) is 7.24. The van der Waals surface area contributed by atoms with Crippen molar-refractivity contribution in [2.45, 2.75) is 24.9 Å². The number of carbonyl (C=O) groups excluding carboxylic acids is 2. The highest BCUT2D eigenvalue weighted by molar-refractivity contribution is 5.94. The Morgan fingerprint density at radius 3 is 2.56 bits per heavy atom. The van der Waals surface area contributed by atoms with E-state index in [4.69, 9.17) is 4.74 Å². The number of ether oxygens (including phenoxy) is 1. The first-order chi connectivity index (χ1) is 13.0. The molecule has 4 rings (SSSR count). The molecule has 1 unspecified atom stereocenters. The minimum atomic E-state index is -0.456. The lowest BCUT2D eigenvalue weighted by Gasteiger charge is -2.25. The summed E-state index contributed by atoms with van der Waals surface area (Å²) in [5.74, 6) is 0.517. The number of amides is 2. The molecule has 2 fully saturated rings. The fourth-order valence-electron chi connectivity index (χ4n) is 3.77. The van der Waals surface area contributed by atoms with Gasteiger partial charge in [0.05, 0.1) is 13.6 Å². The lowest BCUT2D eigenvalue weighted by Crippen LogP contribution is -2.36. The van der Waals surface area contributed by atoms with Crippen LogP contribution in [-0.2, 0) is 11.8 Å². The Kier molecular flexibility index (Phi) is 4.29. The third kappa shape index (κ3) is 3.36. The molecule has 1 aromatic heterocycles. The SMILES string of the molecule is CN1CC2(CCCN(C(=O)c3ccc(-c4nnn(C)n4)cc3)CC2)OC1=O. The average Bonchev–Trinajstić information content (AvgIpc) is 3.13. The molecule has 0 bridgehead atoms. The molecule has 2 saturated heterocycles. The molecule has 0 N–H and O–H groups in total. The number of aryl methyl sites for hydroxylation is 1. The number of benzene rings is 1. The second-order valence-electron chi connectivity index (χ2n) is 7.23. The standard InChI is InChI=1S/C18H22N6O3/c1-22-12-18(27-17(22)26)8-3-10-24(11-9-18)16(25)14-6-4-13(5-7-14)15-19-21-23(2)20-15/h4-7H,3,8-12H2,1-2H3. The van der Waals surface area contributed by atoms with Crippen molar-refractivity contribution in [2.75, 3.05) is 26.7 Å². The maximum atomic E-state index is 12.9. The van der Waals surface area contributed by atoms with Crippen molar-refractivity contribution in [2.24, 2.45) is 7.05 Å². The van der Waals surface area contributed by atoms with Crippen LogP contribution in [0.1, 0.15) is 29.6 Å². The van der Waals surface area contributed by atoms with Crippen molar-refractivity contribution < 1.29 is 14.3 Å². The molecule has 3 heterocycles. The summed E-state index contributed by atoms with van der Waals surface area (Å²) in [5, 5.41) is 12.0. The first-order valence-corrected chi connectivity index (χ1v) is 9.04. The molecule has 2 amide bonds. The summed E-state index contributed by atoms with van der Waals surface area (Å²) in [7, 11) is 3.46. The summed E-state index contributed by atoms with van der Waals surface area (Å²) in [6.45, 7) is 1.83. The highest BCUT2D eigenvalue weighted by Gasteiger charge is 2.44.